The number of halogens is 1. The summed E-state index contributed by atoms with van der Waals surface area (Å²) in [5, 5.41) is 1.43. The van der Waals surface area contributed by atoms with Gasteiger partial charge in [-0.1, -0.05) is 29.8 Å². The van der Waals surface area contributed by atoms with Gasteiger partial charge in [-0.25, -0.2) is 13.4 Å². The number of anilines is 1. The Kier molecular flexibility index (Phi) is 4.82. The lowest BCUT2D eigenvalue weighted by atomic mass is 10.0. The SMILES string of the molecule is C[C@@H]1CCCCN1c1c(S(=O)(=O)c2ccccc2)c[nH+]c2ccc(Cl)cc12. The summed E-state index contributed by atoms with van der Waals surface area (Å²) in [7, 11) is -3.66. The van der Waals surface area contributed by atoms with Crippen molar-refractivity contribution in [2.45, 2.75) is 42.0 Å². The van der Waals surface area contributed by atoms with E-state index in [0.717, 1.165) is 42.4 Å². The third-order valence-corrected chi connectivity index (χ3v) is 7.28. The molecule has 6 heteroatoms. The van der Waals surface area contributed by atoms with Gasteiger partial charge in [0.1, 0.15) is 0 Å². The molecule has 4 nitrogen and oxygen atoms in total. The highest BCUT2D eigenvalue weighted by molar-refractivity contribution is 7.91. The van der Waals surface area contributed by atoms with Crippen LogP contribution in [-0.2, 0) is 9.84 Å². The molecular formula is C21H22ClN2O2S+. The second-order valence-electron chi connectivity index (χ2n) is 7.05. The van der Waals surface area contributed by atoms with Crippen LogP contribution in [0.15, 0.2) is 64.5 Å². The van der Waals surface area contributed by atoms with Gasteiger partial charge in [-0.3, -0.25) is 0 Å². The number of nitrogens with zero attached hydrogens (tertiary/aromatic N) is 1. The number of aromatic amines is 1. The van der Waals surface area contributed by atoms with Gasteiger partial charge < -0.3 is 4.90 Å². The zero-order valence-electron chi connectivity index (χ0n) is 15.2. The van der Waals surface area contributed by atoms with Crippen LogP contribution in [0.3, 0.4) is 0 Å². The summed E-state index contributed by atoms with van der Waals surface area (Å²) in [6, 6.07) is 14.4. The lowest BCUT2D eigenvalue weighted by molar-refractivity contribution is -0.347. The molecule has 1 fully saturated rings. The summed E-state index contributed by atoms with van der Waals surface area (Å²) in [6.45, 7) is 3.00. The summed E-state index contributed by atoms with van der Waals surface area (Å²) >= 11 is 6.27. The molecule has 0 saturated carbocycles. The standard InChI is InChI=1S/C21H21ClN2O2S/c1-15-7-5-6-12-24(15)21-18-13-16(22)10-11-19(18)23-14-20(21)27(25,26)17-8-3-2-4-9-17/h2-4,8-11,13-15H,5-7,12H2,1H3/p+1/t15-/m1/s1. The van der Waals surface area contributed by atoms with E-state index in [0.29, 0.717) is 14.8 Å². The Morgan fingerprint density at radius 1 is 1.11 bits per heavy atom. The Hall–Kier alpha value is -2.11. The molecule has 4 rings (SSSR count). The van der Waals surface area contributed by atoms with Crippen molar-refractivity contribution in [3.05, 3.63) is 59.8 Å². The van der Waals surface area contributed by atoms with Gasteiger partial charge in [0, 0.05) is 23.7 Å². The first kappa shape index (κ1) is 18.3. The second kappa shape index (κ2) is 7.13. The van der Waals surface area contributed by atoms with Crippen LogP contribution in [0.2, 0.25) is 5.02 Å². The summed E-state index contributed by atoms with van der Waals surface area (Å²) in [6.07, 6.45) is 4.88. The van der Waals surface area contributed by atoms with E-state index in [1.54, 1.807) is 30.5 Å². The van der Waals surface area contributed by atoms with E-state index in [1.807, 2.05) is 24.3 Å². The highest BCUT2D eigenvalue weighted by Gasteiger charge is 2.32. The number of nitrogens with one attached hydrogen (secondary N) is 1. The molecule has 0 radical (unpaired) electrons. The fourth-order valence-electron chi connectivity index (χ4n) is 3.84. The van der Waals surface area contributed by atoms with Crippen LogP contribution in [0.1, 0.15) is 26.2 Å². The summed E-state index contributed by atoms with van der Waals surface area (Å²) in [5.41, 5.74) is 1.63. The van der Waals surface area contributed by atoms with Crippen LogP contribution in [0, 0.1) is 0 Å². The Bertz CT molecular complexity index is 1080. The van der Waals surface area contributed by atoms with Crippen molar-refractivity contribution in [3.8, 4) is 0 Å². The molecule has 0 spiro atoms. The van der Waals surface area contributed by atoms with Crippen molar-refractivity contribution < 1.29 is 13.4 Å². The maximum absolute atomic E-state index is 13.5. The molecule has 0 unspecified atom stereocenters. The van der Waals surface area contributed by atoms with Crippen molar-refractivity contribution in [1.29, 1.82) is 0 Å². The predicted octanol–water partition coefficient (Wildman–Crippen LogP) is 4.52. The molecule has 1 aromatic heterocycles. The number of hydrogen-bond acceptors (Lipinski definition) is 3. The molecule has 0 bridgehead atoms. The highest BCUT2D eigenvalue weighted by Crippen LogP contribution is 2.38. The Labute approximate surface area is 164 Å². The van der Waals surface area contributed by atoms with Gasteiger partial charge in [0.05, 0.1) is 16.0 Å². The maximum Gasteiger partial charge on any atom is 0.214 e. The summed E-state index contributed by atoms with van der Waals surface area (Å²) in [4.78, 5) is 5.98. The molecule has 27 heavy (non-hydrogen) atoms. The van der Waals surface area contributed by atoms with Crippen molar-refractivity contribution in [2.24, 2.45) is 0 Å². The van der Waals surface area contributed by atoms with Gasteiger partial charge in [-0.15, -0.1) is 0 Å². The Morgan fingerprint density at radius 3 is 2.63 bits per heavy atom. The van der Waals surface area contributed by atoms with Crippen LogP contribution >= 0.6 is 11.6 Å². The molecule has 1 saturated heterocycles. The van der Waals surface area contributed by atoms with Gasteiger partial charge in [0.2, 0.25) is 15.4 Å². The third-order valence-electron chi connectivity index (χ3n) is 5.26. The van der Waals surface area contributed by atoms with Crippen LogP contribution in [0.5, 0.6) is 0 Å². The van der Waals surface area contributed by atoms with Gasteiger partial charge in [-0.2, -0.15) is 0 Å². The fourth-order valence-corrected chi connectivity index (χ4v) is 5.48. The molecular weight excluding hydrogens is 380 g/mol. The number of hydrogen-bond donors (Lipinski definition) is 0. The maximum atomic E-state index is 13.5. The first-order valence-electron chi connectivity index (χ1n) is 9.19. The van der Waals surface area contributed by atoms with Crippen LogP contribution < -0.4 is 9.88 Å². The smallest absolute Gasteiger partial charge is 0.214 e. The molecule has 2 aromatic carbocycles. The molecule has 1 aliphatic heterocycles. The van der Waals surface area contributed by atoms with E-state index in [-0.39, 0.29) is 6.04 Å². The number of benzene rings is 2. The van der Waals surface area contributed by atoms with Gasteiger partial charge in [0.25, 0.3) is 0 Å². The minimum atomic E-state index is -3.66. The van der Waals surface area contributed by atoms with E-state index in [9.17, 15) is 8.42 Å². The number of H-pyrrole nitrogens is 1. The van der Waals surface area contributed by atoms with Gasteiger partial charge in [0.15, 0.2) is 11.1 Å². The van der Waals surface area contributed by atoms with E-state index < -0.39 is 9.84 Å². The number of piperidine rings is 1. The molecule has 0 amide bonds. The lowest BCUT2D eigenvalue weighted by Gasteiger charge is -2.36. The molecule has 3 aromatic rings. The second-order valence-corrected chi connectivity index (χ2v) is 9.40. The summed E-state index contributed by atoms with van der Waals surface area (Å²) in [5.74, 6) is 0. The molecule has 1 atom stereocenters. The van der Waals surface area contributed by atoms with E-state index in [1.165, 1.54) is 0 Å². The average Bonchev–Trinajstić information content (AvgIpc) is 2.68. The molecule has 0 aliphatic carbocycles. The monoisotopic (exact) mass is 401 g/mol. The molecule has 1 aliphatic rings. The summed E-state index contributed by atoms with van der Waals surface area (Å²) < 4.78 is 26.9. The van der Waals surface area contributed by atoms with Crippen molar-refractivity contribution in [2.75, 3.05) is 11.4 Å². The molecule has 140 valence electrons. The number of pyridine rings is 1. The van der Waals surface area contributed by atoms with Crippen LogP contribution in [-0.4, -0.2) is 21.0 Å². The van der Waals surface area contributed by atoms with E-state index in [2.05, 4.69) is 16.8 Å². The first-order chi connectivity index (χ1) is 13.0. The minimum absolute atomic E-state index is 0.271. The minimum Gasteiger partial charge on any atom is -0.367 e. The number of aromatic nitrogens is 1. The number of fused-ring (bicyclic) bond motifs is 1. The third kappa shape index (κ3) is 3.30. The number of rotatable bonds is 3. The van der Waals surface area contributed by atoms with E-state index >= 15 is 0 Å². The number of sulfone groups is 1. The largest absolute Gasteiger partial charge is 0.367 e. The fraction of sp³-hybridized carbons (Fsp3) is 0.286. The molecule has 1 N–H and O–H groups in total. The highest BCUT2D eigenvalue weighted by atomic mass is 35.5. The van der Waals surface area contributed by atoms with Crippen LogP contribution in [0.4, 0.5) is 5.69 Å². The Morgan fingerprint density at radius 2 is 1.89 bits per heavy atom. The zero-order valence-corrected chi connectivity index (χ0v) is 16.7. The quantitative estimate of drug-likeness (QED) is 0.648. The zero-order chi connectivity index (χ0) is 19.0. The van der Waals surface area contributed by atoms with Gasteiger partial charge >= 0.3 is 0 Å². The van der Waals surface area contributed by atoms with Crippen molar-refractivity contribution in [1.82, 2.24) is 0 Å². The van der Waals surface area contributed by atoms with E-state index in [4.69, 9.17) is 11.6 Å². The Balaban J connectivity index is 2.02. The van der Waals surface area contributed by atoms with Gasteiger partial charge in [-0.05, 0) is 50.5 Å². The van der Waals surface area contributed by atoms with Crippen molar-refractivity contribution >= 4 is 38.0 Å². The first-order valence-corrected chi connectivity index (χ1v) is 11.1. The predicted molar refractivity (Wildman–Crippen MR) is 108 cm³/mol. The molecule has 2 heterocycles. The normalized spacial score (nSPS) is 18.0. The van der Waals surface area contributed by atoms with Crippen molar-refractivity contribution in [3.63, 3.8) is 0 Å². The van der Waals surface area contributed by atoms with Crippen LogP contribution in [0.25, 0.3) is 10.9 Å². The average molecular weight is 402 g/mol. The topological polar surface area (TPSA) is 51.5 Å². The lowest BCUT2D eigenvalue weighted by Crippen LogP contribution is -2.38.